The molecule has 0 bridgehead atoms. The molecule has 3 aromatic rings. The van der Waals surface area contributed by atoms with E-state index in [0.717, 1.165) is 66.0 Å². The fraction of sp³-hybridized carbons (Fsp3) is 0.478. The van der Waals surface area contributed by atoms with Crippen LogP contribution in [0.1, 0.15) is 32.4 Å². The first-order valence-electron chi connectivity index (χ1n) is 10.4. The van der Waals surface area contributed by atoms with Gasteiger partial charge in [-0.1, -0.05) is 30.7 Å². The molecule has 29 heavy (non-hydrogen) atoms. The Kier molecular flexibility index (Phi) is 4.56. The van der Waals surface area contributed by atoms with Crippen LogP contribution >= 0.6 is 11.6 Å². The first-order chi connectivity index (χ1) is 14.0. The van der Waals surface area contributed by atoms with Gasteiger partial charge in [0.1, 0.15) is 0 Å². The summed E-state index contributed by atoms with van der Waals surface area (Å²) in [6, 6.07) is 7.93. The van der Waals surface area contributed by atoms with Crippen LogP contribution < -0.4 is 4.90 Å². The van der Waals surface area contributed by atoms with Gasteiger partial charge < -0.3 is 9.64 Å². The van der Waals surface area contributed by atoms with Crippen LogP contribution in [0.4, 0.5) is 5.82 Å². The van der Waals surface area contributed by atoms with Gasteiger partial charge in [0, 0.05) is 41.5 Å². The predicted octanol–water partition coefficient (Wildman–Crippen LogP) is 5.00. The fourth-order valence-corrected chi connectivity index (χ4v) is 5.31. The third kappa shape index (κ3) is 3.03. The summed E-state index contributed by atoms with van der Waals surface area (Å²) in [6.07, 6.45) is 6.51. The van der Waals surface area contributed by atoms with Crippen LogP contribution in [0.2, 0.25) is 5.02 Å². The Labute approximate surface area is 176 Å². The van der Waals surface area contributed by atoms with Crippen LogP contribution in [0.25, 0.3) is 16.9 Å². The first kappa shape index (κ1) is 18.9. The Balaban J connectivity index is 1.50. The standard InChI is InChI=1S/C23H27ClN4O/c1-15-17(3)29-14-23(15)7-10-27(11-8-23)22-21-25-9-12-28(21)20(16(2)26-22)18-5-4-6-19(24)13-18/h4-6,9,12-13,15,17H,7-8,10-11,14H2,1-3H3/t15-,17?/m1/s1. The van der Waals surface area contributed by atoms with E-state index in [1.807, 2.05) is 30.6 Å². The highest BCUT2D eigenvalue weighted by atomic mass is 35.5. The maximum atomic E-state index is 6.24. The van der Waals surface area contributed by atoms with E-state index in [-0.39, 0.29) is 0 Å². The molecule has 2 aliphatic heterocycles. The van der Waals surface area contributed by atoms with Crippen molar-refractivity contribution in [2.24, 2.45) is 11.3 Å². The van der Waals surface area contributed by atoms with Gasteiger partial charge in [-0.15, -0.1) is 0 Å². The topological polar surface area (TPSA) is 42.7 Å². The van der Waals surface area contributed by atoms with Gasteiger partial charge in [0.25, 0.3) is 0 Å². The van der Waals surface area contributed by atoms with Crippen LogP contribution in [-0.4, -0.2) is 40.2 Å². The van der Waals surface area contributed by atoms with E-state index >= 15 is 0 Å². The van der Waals surface area contributed by atoms with Gasteiger partial charge >= 0.3 is 0 Å². The molecule has 2 aliphatic rings. The first-order valence-corrected chi connectivity index (χ1v) is 10.8. The molecule has 0 radical (unpaired) electrons. The maximum absolute atomic E-state index is 6.24. The number of ether oxygens (including phenoxy) is 1. The van der Waals surface area contributed by atoms with Crippen molar-refractivity contribution >= 4 is 23.1 Å². The number of aromatic nitrogens is 3. The minimum absolute atomic E-state index is 0.317. The highest BCUT2D eigenvalue weighted by molar-refractivity contribution is 6.30. The van der Waals surface area contributed by atoms with Crippen molar-refractivity contribution < 1.29 is 4.74 Å². The monoisotopic (exact) mass is 410 g/mol. The predicted molar refractivity (Wildman–Crippen MR) is 117 cm³/mol. The van der Waals surface area contributed by atoms with Crippen molar-refractivity contribution in [3.8, 4) is 11.3 Å². The molecular formula is C23H27ClN4O. The van der Waals surface area contributed by atoms with E-state index in [9.17, 15) is 0 Å². The molecule has 0 amide bonds. The van der Waals surface area contributed by atoms with Crippen molar-refractivity contribution in [2.45, 2.75) is 39.7 Å². The van der Waals surface area contributed by atoms with E-state index in [1.165, 1.54) is 0 Å². The summed E-state index contributed by atoms with van der Waals surface area (Å²) in [5, 5.41) is 0.725. The number of nitrogens with zero attached hydrogens (tertiary/aromatic N) is 4. The number of hydrogen-bond donors (Lipinski definition) is 0. The van der Waals surface area contributed by atoms with Gasteiger partial charge in [0.05, 0.1) is 24.1 Å². The van der Waals surface area contributed by atoms with Gasteiger partial charge in [-0.05, 0) is 44.7 Å². The zero-order valence-electron chi connectivity index (χ0n) is 17.2. The lowest BCUT2D eigenvalue weighted by Gasteiger charge is -2.42. The molecule has 0 N–H and O–H groups in total. The molecule has 0 saturated carbocycles. The average molecular weight is 411 g/mol. The lowest BCUT2D eigenvalue weighted by atomic mass is 9.70. The zero-order chi connectivity index (χ0) is 20.2. The lowest BCUT2D eigenvalue weighted by molar-refractivity contribution is 0.0969. The quantitative estimate of drug-likeness (QED) is 0.596. The molecule has 0 aliphatic carbocycles. The van der Waals surface area contributed by atoms with Crippen molar-refractivity contribution in [1.82, 2.24) is 14.4 Å². The Bertz CT molecular complexity index is 1050. The molecule has 2 fully saturated rings. The number of aryl methyl sites for hydroxylation is 1. The fourth-order valence-electron chi connectivity index (χ4n) is 5.12. The Morgan fingerprint density at radius 3 is 2.69 bits per heavy atom. The molecule has 1 unspecified atom stereocenters. The maximum Gasteiger partial charge on any atom is 0.180 e. The van der Waals surface area contributed by atoms with Crippen LogP contribution in [0.3, 0.4) is 0 Å². The molecular weight excluding hydrogens is 384 g/mol. The van der Waals surface area contributed by atoms with E-state index in [0.29, 0.717) is 17.4 Å². The summed E-state index contributed by atoms with van der Waals surface area (Å²) in [5.74, 6) is 1.59. The summed E-state index contributed by atoms with van der Waals surface area (Å²) < 4.78 is 8.14. The van der Waals surface area contributed by atoms with Crippen molar-refractivity contribution in [3.63, 3.8) is 0 Å². The van der Waals surface area contributed by atoms with Crippen molar-refractivity contribution in [3.05, 3.63) is 47.4 Å². The normalized spacial score (nSPS) is 23.9. The molecule has 1 spiro atoms. The van der Waals surface area contributed by atoms with Gasteiger partial charge in [0.15, 0.2) is 11.5 Å². The van der Waals surface area contributed by atoms with Gasteiger partial charge in [-0.25, -0.2) is 9.97 Å². The van der Waals surface area contributed by atoms with E-state index < -0.39 is 0 Å². The highest BCUT2D eigenvalue weighted by Crippen LogP contribution is 2.47. The third-order valence-electron chi connectivity index (χ3n) is 7.16. The second-order valence-electron chi connectivity index (χ2n) is 8.65. The Hall–Kier alpha value is -2.11. The number of halogens is 1. The highest BCUT2D eigenvalue weighted by Gasteiger charge is 2.47. The van der Waals surface area contributed by atoms with Gasteiger partial charge in [-0.3, -0.25) is 4.40 Å². The second kappa shape index (κ2) is 6.99. The average Bonchev–Trinajstić information content (AvgIpc) is 3.30. The van der Waals surface area contributed by atoms with Gasteiger partial charge in [-0.2, -0.15) is 0 Å². The smallest absolute Gasteiger partial charge is 0.180 e. The SMILES string of the molecule is Cc1nc(N2CCC3(CC2)COC(C)[C@H]3C)c2nccn2c1-c1cccc(Cl)c1. The summed E-state index contributed by atoms with van der Waals surface area (Å²) >= 11 is 6.24. The third-order valence-corrected chi connectivity index (χ3v) is 7.39. The molecule has 4 heterocycles. The lowest BCUT2D eigenvalue weighted by Crippen LogP contribution is -2.44. The number of fused-ring (bicyclic) bond motifs is 1. The number of imidazole rings is 1. The molecule has 2 saturated heterocycles. The van der Waals surface area contributed by atoms with Crippen molar-refractivity contribution in [2.75, 3.05) is 24.6 Å². The molecule has 5 rings (SSSR count). The molecule has 1 aromatic carbocycles. The van der Waals surface area contributed by atoms with E-state index in [2.05, 4.69) is 41.1 Å². The summed E-state index contributed by atoms with van der Waals surface area (Å²) in [5.41, 5.74) is 4.31. The number of piperidine rings is 1. The second-order valence-corrected chi connectivity index (χ2v) is 9.09. The number of hydrogen-bond acceptors (Lipinski definition) is 4. The van der Waals surface area contributed by atoms with Crippen LogP contribution in [0.5, 0.6) is 0 Å². The van der Waals surface area contributed by atoms with Gasteiger partial charge in [0.2, 0.25) is 0 Å². The minimum atomic E-state index is 0.317. The molecule has 152 valence electrons. The van der Waals surface area contributed by atoms with E-state index in [1.54, 1.807) is 0 Å². The number of anilines is 1. The summed E-state index contributed by atoms with van der Waals surface area (Å²) in [6.45, 7) is 9.50. The zero-order valence-corrected chi connectivity index (χ0v) is 18.0. The number of rotatable bonds is 2. The van der Waals surface area contributed by atoms with Crippen LogP contribution in [-0.2, 0) is 4.74 Å². The Morgan fingerprint density at radius 2 is 2.00 bits per heavy atom. The molecule has 6 heteroatoms. The largest absolute Gasteiger partial charge is 0.378 e. The molecule has 5 nitrogen and oxygen atoms in total. The summed E-state index contributed by atoms with van der Waals surface area (Å²) in [7, 11) is 0. The number of benzene rings is 1. The van der Waals surface area contributed by atoms with Crippen LogP contribution in [0.15, 0.2) is 36.7 Å². The molecule has 2 atom stereocenters. The minimum Gasteiger partial charge on any atom is -0.378 e. The molecule has 2 aromatic heterocycles. The van der Waals surface area contributed by atoms with E-state index in [4.69, 9.17) is 21.3 Å². The van der Waals surface area contributed by atoms with Crippen LogP contribution in [0, 0.1) is 18.3 Å². The summed E-state index contributed by atoms with van der Waals surface area (Å²) in [4.78, 5) is 12.1. The van der Waals surface area contributed by atoms with Crippen molar-refractivity contribution in [1.29, 1.82) is 0 Å². The Morgan fingerprint density at radius 1 is 1.21 bits per heavy atom.